The van der Waals surface area contributed by atoms with Gasteiger partial charge in [0.05, 0.1) is 19.8 Å². The van der Waals surface area contributed by atoms with Crippen molar-refractivity contribution in [3.05, 3.63) is 22.5 Å². The zero-order valence-electron chi connectivity index (χ0n) is 15.5. The molecule has 1 aromatic heterocycles. The summed E-state index contributed by atoms with van der Waals surface area (Å²) in [5, 5.41) is 0. The lowest BCUT2D eigenvalue weighted by Crippen LogP contribution is -2.46. The number of hydrogen-bond donors (Lipinski definition) is 1. The molecule has 1 saturated carbocycles. The molecule has 1 fully saturated rings. The van der Waals surface area contributed by atoms with Crippen LogP contribution in [0.2, 0.25) is 0 Å². The number of nitrogens with zero attached hydrogens (tertiary/aromatic N) is 1. The molecule has 0 unspecified atom stereocenters. The number of carbonyl (C=O) groups is 3. The van der Waals surface area contributed by atoms with Crippen LogP contribution in [-0.2, 0) is 14.3 Å². The predicted molar refractivity (Wildman–Crippen MR) is 91.7 cm³/mol. The Bertz CT molecular complexity index is 675. The molecule has 2 rings (SSSR count). The highest BCUT2D eigenvalue weighted by Gasteiger charge is 2.38. The van der Waals surface area contributed by atoms with Crippen LogP contribution in [0.5, 0.6) is 0 Å². The fourth-order valence-electron chi connectivity index (χ4n) is 3.03. The quantitative estimate of drug-likeness (QED) is 0.571. The number of H-pyrrole nitrogens is 1. The minimum absolute atomic E-state index is 0.00284. The van der Waals surface area contributed by atoms with Crippen molar-refractivity contribution in [1.82, 2.24) is 9.88 Å². The molecule has 0 aliphatic heterocycles. The van der Waals surface area contributed by atoms with Gasteiger partial charge < -0.3 is 19.4 Å². The first-order valence-electron chi connectivity index (χ1n) is 8.44. The van der Waals surface area contributed by atoms with Crippen LogP contribution in [0, 0.1) is 19.8 Å². The van der Waals surface area contributed by atoms with Gasteiger partial charge >= 0.3 is 5.97 Å². The molecule has 1 heterocycles. The van der Waals surface area contributed by atoms with E-state index in [9.17, 15) is 14.4 Å². The van der Waals surface area contributed by atoms with E-state index in [0.29, 0.717) is 30.0 Å². The second-order valence-electron chi connectivity index (χ2n) is 6.46. The normalized spacial score (nSPS) is 14.9. The van der Waals surface area contributed by atoms with E-state index in [1.165, 1.54) is 7.11 Å². The first-order chi connectivity index (χ1) is 11.8. The van der Waals surface area contributed by atoms with Crippen LogP contribution in [-0.4, -0.2) is 61.0 Å². The number of rotatable bonds is 8. The van der Waals surface area contributed by atoms with Gasteiger partial charge in [-0.2, -0.15) is 0 Å². The van der Waals surface area contributed by atoms with E-state index < -0.39 is 12.0 Å². The molecule has 7 heteroatoms. The fourth-order valence-corrected chi connectivity index (χ4v) is 3.03. The summed E-state index contributed by atoms with van der Waals surface area (Å²) in [7, 11) is 2.86. The van der Waals surface area contributed by atoms with Crippen LogP contribution in [0.4, 0.5) is 0 Å². The highest BCUT2D eigenvalue weighted by molar-refractivity contribution is 6.06. The Morgan fingerprint density at radius 3 is 2.40 bits per heavy atom. The van der Waals surface area contributed by atoms with Crippen LogP contribution in [0.1, 0.15) is 51.9 Å². The number of amides is 1. The van der Waals surface area contributed by atoms with Crippen LogP contribution < -0.4 is 0 Å². The lowest BCUT2D eigenvalue weighted by atomic mass is 9.99. The number of carbonyl (C=O) groups excluding carboxylic acids is 3. The Labute approximate surface area is 147 Å². The lowest BCUT2D eigenvalue weighted by molar-refractivity contribution is -0.134. The van der Waals surface area contributed by atoms with E-state index in [1.807, 2.05) is 0 Å². The molecule has 1 aliphatic rings. The SMILES string of the molecule is COCCN(C(=O)C1CC1)[C@@H](C)C(=O)c1c(C)[nH]c(C(=O)OC)c1C. The molecule has 0 bridgehead atoms. The molecule has 25 heavy (non-hydrogen) atoms. The minimum Gasteiger partial charge on any atom is -0.464 e. The smallest absolute Gasteiger partial charge is 0.354 e. The van der Waals surface area contributed by atoms with Gasteiger partial charge in [0.15, 0.2) is 5.78 Å². The van der Waals surface area contributed by atoms with Crippen molar-refractivity contribution >= 4 is 17.7 Å². The summed E-state index contributed by atoms with van der Waals surface area (Å²) in [6.07, 6.45) is 1.75. The van der Waals surface area contributed by atoms with Crippen molar-refractivity contribution in [3.63, 3.8) is 0 Å². The fraction of sp³-hybridized carbons (Fsp3) is 0.611. The number of ketones is 1. The molecule has 1 atom stereocenters. The van der Waals surface area contributed by atoms with Crippen molar-refractivity contribution in [2.45, 2.75) is 39.7 Å². The molecule has 1 amide bonds. The van der Waals surface area contributed by atoms with Crippen molar-refractivity contribution in [2.75, 3.05) is 27.4 Å². The van der Waals surface area contributed by atoms with Crippen molar-refractivity contribution in [1.29, 1.82) is 0 Å². The topological polar surface area (TPSA) is 88.7 Å². The van der Waals surface area contributed by atoms with E-state index in [1.54, 1.807) is 32.8 Å². The molecule has 1 aliphatic carbocycles. The molecule has 0 aromatic carbocycles. The van der Waals surface area contributed by atoms with Crippen LogP contribution in [0.25, 0.3) is 0 Å². The summed E-state index contributed by atoms with van der Waals surface area (Å²) in [4.78, 5) is 42.0. The van der Waals surface area contributed by atoms with Crippen LogP contribution in [0.3, 0.4) is 0 Å². The van der Waals surface area contributed by atoms with Gasteiger partial charge in [-0.15, -0.1) is 0 Å². The van der Waals surface area contributed by atoms with Gasteiger partial charge in [0, 0.05) is 30.8 Å². The van der Waals surface area contributed by atoms with E-state index in [4.69, 9.17) is 9.47 Å². The van der Waals surface area contributed by atoms with Crippen LogP contribution >= 0.6 is 0 Å². The maximum absolute atomic E-state index is 13.1. The Hall–Kier alpha value is -2.15. The first-order valence-corrected chi connectivity index (χ1v) is 8.44. The average molecular weight is 350 g/mol. The summed E-state index contributed by atoms with van der Waals surface area (Å²) in [6, 6.07) is -0.623. The van der Waals surface area contributed by atoms with E-state index in [2.05, 4.69) is 4.98 Å². The molecule has 0 saturated heterocycles. The van der Waals surface area contributed by atoms with E-state index >= 15 is 0 Å². The molecule has 7 nitrogen and oxygen atoms in total. The number of esters is 1. The summed E-state index contributed by atoms with van der Waals surface area (Å²) >= 11 is 0. The summed E-state index contributed by atoms with van der Waals surface area (Å²) in [5.41, 5.74) is 1.86. The third-order valence-electron chi connectivity index (χ3n) is 4.67. The molecular weight excluding hydrogens is 324 g/mol. The third kappa shape index (κ3) is 3.92. The second-order valence-corrected chi connectivity index (χ2v) is 6.46. The molecular formula is C18H26N2O5. The van der Waals surface area contributed by atoms with Gasteiger partial charge in [0.25, 0.3) is 0 Å². The number of hydrogen-bond acceptors (Lipinski definition) is 5. The Morgan fingerprint density at radius 1 is 1.24 bits per heavy atom. The number of ether oxygens (including phenoxy) is 2. The number of methoxy groups -OCH3 is 2. The molecule has 1 N–H and O–H groups in total. The van der Waals surface area contributed by atoms with Crippen LogP contribution in [0.15, 0.2) is 0 Å². The first kappa shape index (κ1) is 19.2. The molecule has 0 spiro atoms. The average Bonchev–Trinajstić information content (AvgIpc) is 3.39. The van der Waals surface area contributed by atoms with Gasteiger partial charge in [-0.3, -0.25) is 9.59 Å². The standard InChI is InChI=1S/C18H26N2O5/c1-10-14(11(2)19-15(10)18(23)25-5)16(21)12(3)20(8-9-24-4)17(22)13-6-7-13/h12-13,19H,6-9H2,1-5H3/t12-/m0/s1. The number of aryl methyl sites for hydroxylation is 1. The van der Waals surface area contributed by atoms with Gasteiger partial charge in [-0.25, -0.2) is 4.79 Å². The van der Waals surface area contributed by atoms with Gasteiger partial charge in [0.2, 0.25) is 5.91 Å². The van der Waals surface area contributed by atoms with Crippen molar-refractivity contribution in [3.8, 4) is 0 Å². The highest BCUT2D eigenvalue weighted by Crippen LogP contribution is 2.32. The van der Waals surface area contributed by atoms with E-state index in [0.717, 1.165) is 12.8 Å². The number of Topliss-reactive ketones (excluding diaryl/α,β-unsaturated/α-hetero) is 1. The number of aromatic amines is 1. The predicted octanol–water partition coefficient (Wildman–Crippen LogP) is 1.87. The van der Waals surface area contributed by atoms with Crippen molar-refractivity contribution in [2.24, 2.45) is 5.92 Å². The Balaban J connectivity index is 2.29. The summed E-state index contributed by atoms with van der Waals surface area (Å²) in [5.74, 6) is -0.688. The zero-order chi connectivity index (χ0) is 18.7. The second kappa shape index (κ2) is 7.82. The highest BCUT2D eigenvalue weighted by atomic mass is 16.5. The van der Waals surface area contributed by atoms with E-state index in [-0.39, 0.29) is 23.3 Å². The number of nitrogens with one attached hydrogen (secondary N) is 1. The van der Waals surface area contributed by atoms with Crippen molar-refractivity contribution < 1.29 is 23.9 Å². The molecule has 0 radical (unpaired) electrons. The largest absolute Gasteiger partial charge is 0.464 e. The molecule has 1 aromatic rings. The zero-order valence-corrected chi connectivity index (χ0v) is 15.5. The maximum Gasteiger partial charge on any atom is 0.354 e. The van der Waals surface area contributed by atoms with Gasteiger partial charge in [-0.05, 0) is 39.2 Å². The lowest BCUT2D eigenvalue weighted by Gasteiger charge is -2.28. The summed E-state index contributed by atoms with van der Waals surface area (Å²) in [6.45, 7) is 5.90. The van der Waals surface area contributed by atoms with Gasteiger partial charge in [-0.1, -0.05) is 0 Å². The monoisotopic (exact) mass is 350 g/mol. The maximum atomic E-state index is 13.1. The number of aromatic nitrogens is 1. The Kier molecular flexibility index (Phi) is 6.00. The minimum atomic E-state index is -0.623. The summed E-state index contributed by atoms with van der Waals surface area (Å²) < 4.78 is 9.82. The Morgan fingerprint density at radius 2 is 1.88 bits per heavy atom. The third-order valence-corrected chi connectivity index (χ3v) is 4.67. The molecule has 138 valence electrons. The van der Waals surface area contributed by atoms with Gasteiger partial charge in [0.1, 0.15) is 5.69 Å².